The van der Waals surface area contributed by atoms with Crippen LogP contribution in [0.5, 0.6) is 0 Å². The van der Waals surface area contributed by atoms with Gasteiger partial charge in [0.2, 0.25) is 0 Å². The van der Waals surface area contributed by atoms with Gasteiger partial charge in [0.05, 0.1) is 11.9 Å². The smallest absolute Gasteiger partial charge is 0.146 e. The van der Waals surface area contributed by atoms with E-state index in [1.54, 1.807) is 11.3 Å². The molecule has 0 saturated carbocycles. The number of aromatic nitrogens is 2. The highest BCUT2D eigenvalue weighted by Crippen LogP contribution is 2.32. The van der Waals surface area contributed by atoms with Gasteiger partial charge in [-0.2, -0.15) is 0 Å². The van der Waals surface area contributed by atoms with Crippen molar-refractivity contribution in [2.75, 3.05) is 12.3 Å². The fraction of sp³-hybridized carbons (Fsp3) is 0.625. The number of nitrogens with zero attached hydrogens (tertiary/aromatic N) is 3. The third kappa shape index (κ3) is 3.52. The minimum absolute atomic E-state index is 0.472. The standard InChI is InChI=1S/C16H26N4S/c1-9(2)7-20(10(3)4)8-13-18-15(17)14-11(5)12(6)21-16(14)19-13/h9-10H,7-8H2,1-6H3,(H2,17,18,19). The summed E-state index contributed by atoms with van der Waals surface area (Å²) in [5.41, 5.74) is 7.37. The number of fused-ring (bicyclic) bond motifs is 1. The Hall–Kier alpha value is -1.20. The molecule has 0 saturated heterocycles. The van der Waals surface area contributed by atoms with Gasteiger partial charge in [0.25, 0.3) is 0 Å². The lowest BCUT2D eigenvalue weighted by atomic mass is 10.1. The fourth-order valence-electron chi connectivity index (χ4n) is 2.51. The summed E-state index contributed by atoms with van der Waals surface area (Å²) in [4.78, 5) is 14.0. The highest BCUT2D eigenvalue weighted by molar-refractivity contribution is 7.18. The number of hydrogen-bond acceptors (Lipinski definition) is 5. The maximum Gasteiger partial charge on any atom is 0.146 e. The molecule has 2 rings (SSSR count). The van der Waals surface area contributed by atoms with Gasteiger partial charge in [0.15, 0.2) is 0 Å². The highest BCUT2D eigenvalue weighted by Gasteiger charge is 2.17. The molecule has 0 radical (unpaired) electrons. The van der Waals surface area contributed by atoms with E-state index in [-0.39, 0.29) is 0 Å². The molecular weight excluding hydrogens is 280 g/mol. The average Bonchev–Trinajstić information content (AvgIpc) is 2.63. The lowest BCUT2D eigenvalue weighted by Gasteiger charge is -2.27. The van der Waals surface area contributed by atoms with Gasteiger partial charge in [-0.15, -0.1) is 11.3 Å². The minimum Gasteiger partial charge on any atom is -0.383 e. The van der Waals surface area contributed by atoms with Crippen molar-refractivity contribution in [2.24, 2.45) is 5.92 Å². The SMILES string of the molecule is Cc1sc2nc(CN(CC(C)C)C(C)C)nc(N)c2c1C. The molecule has 116 valence electrons. The molecule has 0 bridgehead atoms. The number of nitrogens with two attached hydrogens (primary N) is 1. The van der Waals surface area contributed by atoms with Gasteiger partial charge >= 0.3 is 0 Å². The molecule has 2 heterocycles. The van der Waals surface area contributed by atoms with Gasteiger partial charge in [-0.25, -0.2) is 9.97 Å². The third-order valence-corrected chi connectivity index (χ3v) is 4.88. The zero-order valence-electron chi connectivity index (χ0n) is 13.9. The predicted octanol–water partition coefficient (Wildman–Crippen LogP) is 3.76. The summed E-state index contributed by atoms with van der Waals surface area (Å²) in [6, 6.07) is 0.472. The van der Waals surface area contributed by atoms with Crippen LogP contribution in [-0.4, -0.2) is 27.5 Å². The Bertz CT molecular complexity index is 631. The molecule has 0 spiro atoms. The second-order valence-corrected chi connectivity index (χ2v) is 7.61. The van der Waals surface area contributed by atoms with E-state index in [0.717, 1.165) is 29.1 Å². The first kappa shape index (κ1) is 16.2. The molecule has 0 fully saturated rings. The van der Waals surface area contributed by atoms with Crippen molar-refractivity contribution in [1.82, 2.24) is 14.9 Å². The molecule has 0 unspecified atom stereocenters. The van der Waals surface area contributed by atoms with Gasteiger partial charge in [0.1, 0.15) is 16.5 Å². The molecule has 0 aliphatic rings. The number of hydrogen-bond donors (Lipinski definition) is 1. The number of thiophene rings is 1. The second-order valence-electron chi connectivity index (χ2n) is 6.41. The average molecular weight is 306 g/mol. The van der Waals surface area contributed by atoms with Gasteiger partial charge in [-0.05, 0) is 39.2 Å². The van der Waals surface area contributed by atoms with Crippen LogP contribution in [0.3, 0.4) is 0 Å². The molecule has 4 nitrogen and oxygen atoms in total. The van der Waals surface area contributed by atoms with Crippen LogP contribution in [0.4, 0.5) is 5.82 Å². The van der Waals surface area contributed by atoms with E-state index in [1.165, 1.54) is 10.4 Å². The van der Waals surface area contributed by atoms with Crippen molar-refractivity contribution in [2.45, 2.75) is 54.1 Å². The Morgan fingerprint density at radius 3 is 2.38 bits per heavy atom. The first-order chi connectivity index (χ1) is 9.79. The Kier molecular flexibility index (Phi) is 4.84. The van der Waals surface area contributed by atoms with E-state index < -0.39 is 0 Å². The monoisotopic (exact) mass is 306 g/mol. The predicted molar refractivity (Wildman–Crippen MR) is 91.7 cm³/mol. The van der Waals surface area contributed by atoms with E-state index in [9.17, 15) is 0 Å². The summed E-state index contributed by atoms with van der Waals surface area (Å²) in [6.07, 6.45) is 0. The van der Waals surface area contributed by atoms with Crippen LogP contribution in [0, 0.1) is 19.8 Å². The summed E-state index contributed by atoms with van der Waals surface area (Å²) in [7, 11) is 0. The first-order valence-corrected chi connectivity index (χ1v) is 8.37. The van der Waals surface area contributed by atoms with Crippen LogP contribution >= 0.6 is 11.3 Å². The molecule has 0 aliphatic carbocycles. The van der Waals surface area contributed by atoms with Gasteiger partial charge in [-0.3, -0.25) is 4.90 Å². The lowest BCUT2D eigenvalue weighted by Crippen LogP contribution is -2.34. The van der Waals surface area contributed by atoms with Crippen molar-refractivity contribution in [3.63, 3.8) is 0 Å². The topological polar surface area (TPSA) is 55.0 Å². The molecule has 0 aromatic carbocycles. The Morgan fingerprint density at radius 1 is 1.14 bits per heavy atom. The summed E-state index contributed by atoms with van der Waals surface area (Å²) in [5.74, 6) is 2.07. The molecule has 2 N–H and O–H groups in total. The number of aryl methyl sites for hydroxylation is 2. The molecule has 0 atom stereocenters. The van der Waals surface area contributed by atoms with Gasteiger partial charge in [0, 0.05) is 17.5 Å². The van der Waals surface area contributed by atoms with Crippen molar-refractivity contribution in [3.8, 4) is 0 Å². The zero-order chi connectivity index (χ0) is 15.7. The number of nitrogen functional groups attached to an aromatic ring is 1. The number of anilines is 1. The molecule has 21 heavy (non-hydrogen) atoms. The van der Waals surface area contributed by atoms with Gasteiger partial charge in [-0.1, -0.05) is 13.8 Å². The maximum atomic E-state index is 6.16. The summed E-state index contributed by atoms with van der Waals surface area (Å²) in [6.45, 7) is 14.9. The second kappa shape index (κ2) is 6.28. The third-order valence-electron chi connectivity index (χ3n) is 3.78. The van der Waals surface area contributed by atoms with Crippen molar-refractivity contribution >= 4 is 27.4 Å². The van der Waals surface area contributed by atoms with E-state index in [0.29, 0.717) is 17.8 Å². The number of rotatable bonds is 5. The van der Waals surface area contributed by atoms with Crippen LogP contribution in [0.2, 0.25) is 0 Å². The Morgan fingerprint density at radius 2 is 1.81 bits per heavy atom. The van der Waals surface area contributed by atoms with Crippen LogP contribution in [0.15, 0.2) is 0 Å². The van der Waals surface area contributed by atoms with E-state index in [2.05, 4.69) is 51.4 Å². The summed E-state index contributed by atoms with van der Waals surface area (Å²) < 4.78 is 0. The van der Waals surface area contributed by atoms with Crippen LogP contribution in [0.1, 0.15) is 44.0 Å². The van der Waals surface area contributed by atoms with Crippen LogP contribution < -0.4 is 5.73 Å². The molecule has 0 aliphatic heterocycles. The quantitative estimate of drug-likeness (QED) is 0.914. The van der Waals surface area contributed by atoms with Gasteiger partial charge < -0.3 is 5.73 Å². The molecule has 2 aromatic heterocycles. The zero-order valence-corrected chi connectivity index (χ0v) is 14.7. The molecule has 5 heteroatoms. The first-order valence-electron chi connectivity index (χ1n) is 7.55. The summed E-state index contributed by atoms with van der Waals surface area (Å²) in [5, 5.41) is 1.03. The Labute approximate surface area is 131 Å². The fourth-order valence-corrected chi connectivity index (χ4v) is 3.56. The molecular formula is C16H26N4S. The van der Waals surface area contributed by atoms with Crippen molar-refractivity contribution in [1.29, 1.82) is 0 Å². The largest absolute Gasteiger partial charge is 0.383 e. The van der Waals surface area contributed by atoms with E-state index in [1.807, 2.05) is 0 Å². The lowest BCUT2D eigenvalue weighted by molar-refractivity contribution is 0.185. The van der Waals surface area contributed by atoms with Crippen molar-refractivity contribution in [3.05, 3.63) is 16.3 Å². The highest BCUT2D eigenvalue weighted by atomic mass is 32.1. The maximum absolute atomic E-state index is 6.16. The minimum atomic E-state index is 0.472. The molecule has 2 aromatic rings. The normalized spacial score (nSPS) is 12.2. The Balaban J connectivity index is 2.34. The molecule has 0 amide bonds. The summed E-state index contributed by atoms with van der Waals surface area (Å²) >= 11 is 1.71. The van der Waals surface area contributed by atoms with E-state index >= 15 is 0 Å². The van der Waals surface area contributed by atoms with Crippen molar-refractivity contribution < 1.29 is 0 Å². The van der Waals surface area contributed by atoms with Crippen LogP contribution in [0.25, 0.3) is 10.2 Å². The van der Waals surface area contributed by atoms with E-state index in [4.69, 9.17) is 10.7 Å². The van der Waals surface area contributed by atoms with Crippen LogP contribution in [-0.2, 0) is 6.54 Å².